The lowest BCUT2D eigenvalue weighted by Gasteiger charge is -2.23. The number of amides is 1. The molecule has 1 atom stereocenters. The van der Waals surface area contributed by atoms with Crippen LogP contribution in [-0.4, -0.2) is 37.2 Å². The highest BCUT2D eigenvalue weighted by Crippen LogP contribution is 2.29. The third kappa shape index (κ3) is 3.42. The number of nitrogens with zero attached hydrogens (tertiary/aromatic N) is 1. The number of rotatable bonds is 4. The number of anilines is 1. The fourth-order valence-corrected chi connectivity index (χ4v) is 2.54. The van der Waals surface area contributed by atoms with Crippen LogP contribution in [-0.2, 0) is 4.79 Å². The summed E-state index contributed by atoms with van der Waals surface area (Å²) in [6.45, 7) is 6.81. The fraction of sp³-hybridized carbons (Fsp3) is 0.533. The number of benzene rings is 1. The number of aromatic hydroxyl groups is 1. The van der Waals surface area contributed by atoms with Gasteiger partial charge in [0.15, 0.2) is 0 Å². The minimum atomic E-state index is 0.0343. The maximum absolute atomic E-state index is 11.6. The molecule has 3 N–H and O–H groups in total. The number of hydrogen-bond donors (Lipinski definition) is 3. The first-order chi connectivity index (χ1) is 9.61. The molecule has 20 heavy (non-hydrogen) atoms. The van der Waals surface area contributed by atoms with Crippen molar-refractivity contribution in [3.63, 3.8) is 0 Å². The summed E-state index contributed by atoms with van der Waals surface area (Å²) >= 11 is 0. The summed E-state index contributed by atoms with van der Waals surface area (Å²) in [5.41, 5.74) is 1.78. The van der Waals surface area contributed by atoms with Crippen molar-refractivity contribution in [2.45, 2.75) is 26.3 Å². The van der Waals surface area contributed by atoms with E-state index in [9.17, 15) is 9.90 Å². The fourth-order valence-electron chi connectivity index (χ4n) is 2.54. The number of hydrogen-bond acceptors (Lipinski definition) is 4. The second kappa shape index (κ2) is 6.61. The van der Waals surface area contributed by atoms with Gasteiger partial charge in [-0.05, 0) is 26.0 Å². The normalized spacial score (nSPS) is 17.5. The van der Waals surface area contributed by atoms with E-state index in [4.69, 9.17) is 0 Å². The third-order valence-corrected chi connectivity index (χ3v) is 3.62. The average molecular weight is 277 g/mol. The Kier molecular flexibility index (Phi) is 4.84. The zero-order chi connectivity index (χ0) is 14.5. The molecule has 1 heterocycles. The van der Waals surface area contributed by atoms with Crippen LogP contribution in [0.2, 0.25) is 0 Å². The molecule has 0 radical (unpaired) electrons. The van der Waals surface area contributed by atoms with Crippen molar-refractivity contribution < 1.29 is 9.90 Å². The van der Waals surface area contributed by atoms with Crippen molar-refractivity contribution in [1.82, 2.24) is 10.6 Å². The van der Waals surface area contributed by atoms with Crippen LogP contribution in [0.15, 0.2) is 18.2 Å². The molecule has 2 rings (SSSR count). The van der Waals surface area contributed by atoms with Gasteiger partial charge in [0.05, 0.1) is 6.54 Å². The number of phenolic OH excluding ortho intramolecular Hbond substituents is 1. The zero-order valence-corrected chi connectivity index (χ0v) is 12.1. The first kappa shape index (κ1) is 14.7. The molecule has 1 unspecified atom stereocenters. The van der Waals surface area contributed by atoms with Crippen LogP contribution in [0.5, 0.6) is 5.75 Å². The van der Waals surface area contributed by atoms with Crippen molar-refractivity contribution >= 4 is 11.6 Å². The van der Waals surface area contributed by atoms with Crippen molar-refractivity contribution in [3.05, 3.63) is 23.8 Å². The van der Waals surface area contributed by atoms with E-state index in [1.54, 1.807) is 6.07 Å². The smallest absolute Gasteiger partial charge is 0.239 e. The van der Waals surface area contributed by atoms with E-state index in [0.29, 0.717) is 6.54 Å². The lowest BCUT2D eigenvalue weighted by molar-refractivity contribution is -0.119. The second-order valence-electron chi connectivity index (χ2n) is 5.15. The predicted molar refractivity (Wildman–Crippen MR) is 80.0 cm³/mol. The zero-order valence-electron chi connectivity index (χ0n) is 12.1. The molecule has 5 heteroatoms. The Balaban J connectivity index is 2.17. The quantitative estimate of drug-likeness (QED) is 0.778. The van der Waals surface area contributed by atoms with E-state index in [-0.39, 0.29) is 17.7 Å². The van der Waals surface area contributed by atoms with Crippen molar-refractivity contribution in [1.29, 1.82) is 0 Å². The van der Waals surface area contributed by atoms with Crippen LogP contribution in [0.3, 0.4) is 0 Å². The number of nitrogens with one attached hydrogen (secondary N) is 2. The Morgan fingerprint density at radius 3 is 3.00 bits per heavy atom. The van der Waals surface area contributed by atoms with Gasteiger partial charge in [-0.15, -0.1) is 0 Å². The summed E-state index contributed by atoms with van der Waals surface area (Å²) in [4.78, 5) is 13.6. The highest BCUT2D eigenvalue weighted by atomic mass is 16.3. The monoisotopic (exact) mass is 277 g/mol. The summed E-state index contributed by atoms with van der Waals surface area (Å²) < 4.78 is 0. The minimum absolute atomic E-state index is 0.0343. The van der Waals surface area contributed by atoms with Crippen LogP contribution in [0.25, 0.3) is 0 Å². The Morgan fingerprint density at radius 1 is 1.50 bits per heavy atom. The summed E-state index contributed by atoms with van der Waals surface area (Å²) in [5.74, 6) is 0.313. The molecule has 0 saturated carbocycles. The molecule has 1 aliphatic rings. The van der Waals surface area contributed by atoms with Crippen LogP contribution in [0, 0.1) is 0 Å². The van der Waals surface area contributed by atoms with E-state index in [2.05, 4.69) is 10.6 Å². The van der Waals surface area contributed by atoms with Crippen LogP contribution in [0.1, 0.15) is 31.9 Å². The van der Waals surface area contributed by atoms with E-state index in [1.807, 2.05) is 30.9 Å². The molecule has 0 aromatic heterocycles. The van der Waals surface area contributed by atoms with Gasteiger partial charge in [0.2, 0.25) is 5.91 Å². The molecule has 1 aliphatic heterocycles. The molecule has 0 aliphatic carbocycles. The lowest BCUT2D eigenvalue weighted by Crippen LogP contribution is -2.33. The molecular formula is C15H23N3O2. The Bertz CT molecular complexity index is 476. The van der Waals surface area contributed by atoms with Gasteiger partial charge < -0.3 is 20.6 Å². The Morgan fingerprint density at radius 2 is 2.30 bits per heavy atom. The Hall–Kier alpha value is -1.75. The molecule has 0 spiro atoms. The molecule has 5 nitrogen and oxygen atoms in total. The standard InChI is InChI=1S/C15H23N3O2/c1-3-16-11(2)13-6-5-12(9-14(13)19)18-8-4-7-17-15(20)10-18/h5-6,9,11,16,19H,3-4,7-8,10H2,1-2H3,(H,17,20). The maximum Gasteiger partial charge on any atom is 0.239 e. The lowest BCUT2D eigenvalue weighted by atomic mass is 10.1. The Labute approximate surface area is 120 Å². The number of carbonyl (C=O) groups excluding carboxylic acids is 1. The number of phenols is 1. The maximum atomic E-state index is 11.6. The van der Waals surface area contributed by atoms with Gasteiger partial charge in [-0.3, -0.25) is 4.79 Å². The number of carbonyl (C=O) groups is 1. The second-order valence-corrected chi connectivity index (χ2v) is 5.15. The van der Waals surface area contributed by atoms with Gasteiger partial charge >= 0.3 is 0 Å². The molecule has 1 saturated heterocycles. The SMILES string of the molecule is CCNC(C)c1ccc(N2CCCNC(=O)C2)cc1O. The largest absolute Gasteiger partial charge is 0.508 e. The average Bonchev–Trinajstić information content (AvgIpc) is 2.63. The summed E-state index contributed by atoms with van der Waals surface area (Å²) in [5, 5.41) is 16.3. The van der Waals surface area contributed by atoms with Crippen molar-refractivity contribution in [2.24, 2.45) is 0 Å². The van der Waals surface area contributed by atoms with Crippen molar-refractivity contribution in [2.75, 3.05) is 31.1 Å². The first-order valence-electron chi connectivity index (χ1n) is 7.19. The summed E-state index contributed by atoms with van der Waals surface area (Å²) in [6.07, 6.45) is 0.919. The molecule has 1 fully saturated rings. The van der Waals surface area contributed by atoms with E-state index >= 15 is 0 Å². The van der Waals surface area contributed by atoms with Crippen molar-refractivity contribution in [3.8, 4) is 5.75 Å². The van der Waals surface area contributed by atoms with Gasteiger partial charge in [-0.25, -0.2) is 0 Å². The van der Waals surface area contributed by atoms with Gasteiger partial charge in [0, 0.05) is 36.4 Å². The van der Waals surface area contributed by atoms with E-state index in [0.717, 1.165) is 37.3 Å². The van der Waals surface area contributed by atoms with Gasteiger partial charge in [0.1, 0.15) is 5.75 Å². The first-order valence-corrected chi connectivity index (χ1v) is 7.19. The predicted octanol–water partition coefficient (Wildman–Crippen LogP) is 1.39. The van der Waals surface area contributed by atoms with E-state index < -0.39 is 0 Å². The molecule has 0 bridgehead atoms. The third-order valence-electron chi connectivity index (χ3n) is 3.62. The highest BCUT2D eigenvalue weighted by molar-refractivity contribution is 5.81. The highest BCUT2D eigenvalue weighted by Gasteiger charge is 2.17. The van der Waals surface area contributed by atoms with Crippen LogP contribution < -0.4 is 15.5 Å². The van der Waals surface area contributed by atoms with Crippen LogP contribution in [0.4, 0.5) is 5.69 Å². The molecule has 110 valence electrons. The minimum Gasteiger partial charge on any atom is -0.508 e. The molecular weight excluding hydrogens is 254 g/mol. The summed E-state index contributed by atoms with van der Waals surface area (Å²) in [6, 6.07) is 5.77. The molecule has 1 aromatic rings. The molecule has 1 aromatic carbocycles. The van der Waals surface area contributed by atoms with E-state index in [1.165, 1.54) is 0 Å². The van der Waals surface area contributed by atoms with Gasteiger partial charge in [-0.2, -0.15) is 0 Å². The van der Waals surface area contributed by atoms with Crippen LogP contribution >= 0.6 is 0 Å². The summed E-state index contributed by atoms with van der Waals surface area (Å²) in [7, 11) is 0. The topological polar surface area (TPSA) is 64.6 Å². The van der Waals surface area contributed by atoms with Gasteiger partial charge in [0.25, 0.3) is 0 Å². The molecule has 1 amide bonds. The van der Waals surface area contributed by atoms with Gasteiger partial charge in [-0.1, -0.05) is 13.0 Å².